The molecular formula is C54H40B2N4. The molecule has 0 unspecified atom stereocenters. The third kappa shape index (κ3) is 2.93. The van der Waals surface area contributed by atoms with Crippen molar-refractivity contribution in [1.82, 2.24) is 18.3 Å². The molecule has 0 atom stereocenters. The zero-order valence-corrected chi connectivity index (χ0v) is 34.9. The summed E-state index contributed by atoms with van der Waals surface area (Å²) in [7, 11) is 0. The second kappa shape index (κ2) is 8.98. The maximum Gasteiger partial charge on any atom is 0.253 e. The van der Waals surface area contributed by atoms with Crippen LogP contribution >= 0.6 is 0 Å². The Morgan fingerprint density at radius 1 is 0.367 bits per heavy atom. The van der Waals surface area contributed by atoms with Crippen LogP contribution in [0.3, 0.4) is 0 Å². The van der Waals surface area contributed by atoms with Crippen LogP contribution in [0.5, 0.6) is 0 Å². The average molecular weight is 767 g/mol. The summed E-state index contributed by atoms with van der Waals surface area (Å²) in [6, 6.07) is 34.5. The van der Waals surface area contributed by atoms with Gasteiger partial charge < -0.3 is 18.3 Å². The van der Waals surface area contributed by atoms with E-state index in [-0.39, 0.29) is 24.3 Å². The van der Waals surface area contributed by atoms with Crippen molar-refractivity contribution in [1.29, 1.82) is 0 Å². The lowest BCUT2D eigenvalue weighted by atomic mass is 9.28. The highest BCUT2D eigenvalue weighted by Crippen LogP contribution is 2.49. The molecule has 0 spiro atoms. The fourth-order valence-electron chi connectivity index (χ4n) is 14.9. The molecule has 9 aromatic rings. The fraction of sp³-hybridized carbons (Fsp3) is 0.222. The van der Waals surface area contributed by atoms with E-state index in [2.05, 4.69) is 145 Å². The molecule has 4 nitrogen and oxygen atoms in total. The van der Waals surface area contributed by atoms with Crippen molar-refractivity contribution in [3.8, 4) is 22.7 Å². The topological polar surface area (TPSA) is 19.7 Å². The van der Waals surface area contributed by atoms with Gasteiger partial charge in [-0.1, -0.05) is 102 Å². The Balaban J connectivity index is 1.25. The molecule has 282 valence electrons. The second-order valence-electron chi connectivity index (χ2n) is 21.5. The van der Waals surface area contributed by atoms with Gasteiger partial charge in [0.05, 0.1) is 44.1 Å². The molecule has 17 rings (SSSR count). The van der Waals surface area contributed by atoms with E-state index in [9.17, 15) is 0 Å². The number of rotatable bonds is 0. The SMILES string of the molecule is CC(C)(C)c1ccc2c3c1Cc1c(C(C)(C)C)ccc4c1B3c1c3c5c6c7c1n-4c1cccc4c1n7-c1c(ccc7c1B6c1c(ccc6c1-n5c1c(cccc1n3-2)C6)C7)C4. The van der Waals surface area contributed by atoms with Gasteiger partial charge in [0.1, 0.15) is 0 Å². The summed E-state index contributed by atoms with van der Waals surface area (Å²) in [4.78, 5) is 0. The van der Waals surface area contributed by atoms with Gasteiger partial charge in [-0.25, -0.2) is 0 Å². The average Bonchev–Trinajstić information content (AvgIpc) is 3.23. The maximum atomic E-state index is 2.83. The van der Waals surface area contributed by atoms with Gasteiger partial charge in [0.15, 0.2) is 0 Å². The molecule has 0 aliphatic carbocycles. The second-order valence-corrected chi connectivity index (χ2v) is 21.5. The van der Waals surface area contributed by atoms with Gasteiger partial charge in [0.25, 0.3) is 13.4 Å². The molecule has 0 fully saturated rings. The molecule has 0 saturated carbocycles. The number of benzene rings is 7. The molecule has 8 aliphatic rings. The number of nitrogens with zero attached hydrogens (tertiary/aromatic N) is 4. The molecule has 0 saturated heterocycles. The Hall–Kier alpha value is -6.13. The molecule has 60 heavy (non-hydrogen) atoms. The van der Waals surface area contributed by atoms with Crippen molar-refractivity contribution >= 4 is 90.3 Å². The lowest BCUT2D eigenvalue weighted by Crippen LogP contribution is -2.68. The monoisotopic (exact) mass is 766 g/mol. The first-order valence-electron chi connectivity index (χ1n) is 22.4. The van der Waals surface area contributed by atoms with E-state index in [1.807, 2.05) is 0 Å². The lowest BCUT2D eigenvalue weighted by Gasteiger charge is -2.49. The minimum absolute atomic E-state index is 0.00281. The number of hydrogen-bond acceptors (Lipinski definition) is 0. The van der Waals surface area contributed by atoms with Crippen molar-refractivity contribution < 1.29 is 0 Å². The third-order valence-electron chi connectivity index (χ3n) is 16.7. The van der Waals surface area contributed by atoms with Crippen LogP contribution in [0, 0.1) is 0 Å². The smallest absolute Gasteiger partial charge is 0.253 e. The minimum Gasteiger partial charge on any atom is -0.307 e. The fourth-order valence-corrected chi connectivity index (χ4v) is 14.9. The van der Waals surface area contributed by atoms with Gasteiger partial charge in [-0.2, -0.15) is 0 Å². The molecular weight excluding hydrogens is 726 g/mol. The van der Waals surface area contributed by atoms with Crippen LogP contribution in [0.4, 0.5) is 0 Å². The van der Waals surface area contributed by atoms with Gasteiger partial charge in [-0.15, -0.1) is 0 Å². The first kappa shape index (κ1) is 30.8. The zero-order chi connectivity index (χ0) is 39.4. The Labute approximate surface area is 348 Å². The molecule has 6 heteroatoms. The van der Waals surface area contributed by atoms with Gasteiger partial charge in [0, 0.05) is 35.6 Å². The van der Waals surface area contributed by atoms with Crippen molar-refractivity contribution in [2.75, 3.05) is 0 Å². The van der Waals surface area contributed by atoms with Gasteiger partial charge >= 0.3 is 0 Å². The van der Waals surface area contributed by atoms with Crippen LogP contribution in [0.15, 0.2) is 84.9 Å². The van der Waals surface area contributed by atoms with E-state index in [0.29, 0.717) is 0 Å². The minimum atomic E-state index is 0.00281. The maximum absolute atomic E-state index is 2.83. The summed E-state index contributed by atoms with van der Waals surface area (Å²) in [6.07, 6.45) is 3.90. The molecule has 0 N–H and O–H groups in total. The molecule has 0 bridgehead atoms. The molecule has 10 heterocycles. The highest BCUT2D eigenvalue weighted by molar-refractivity contribution is 7.04. The normalized spacial score (nSPS) is 16.2. The third-order valence-corrected chi connectivity index (χ3v) is 16.7. The van der Waals surface area contributed by atoms with Crippen LogP contribution in [-0.2, 0) is 36.5 Å². The van der Waals surface area contributed by atoms with E-state index < -0.39 is 0 Å². The van der Waals surface area contributed by atoms with E-state index in [0.717, 1.165) is 25.7 Å². The first-order chi connectivity index (χ1) is 29.1. The number of fused-ring (bicyclic) bond motifs is 4. The molecule has 2 aromatic heterocycles. The molecule has 0 amide bonds. The lowest BCUT2D eigenvalue weighted by molar-refractivity contribution is 0.577. The Morgan fingerprint density at radius 2 is 0.783 bits per heavy atom. The van der Waals surface area contributed by atoms with Gasteiger partial charge in [0.2, 0.25) is 0 Å². The predicted molar refractivity (Wildman–Crippen MR) is 249 cm³/mol. The molecule has 0 radical (unpaired) electrons. The van der Waals surface area contributed by atoms with Crippen molar-refractivity contribution in [3.05, 3.63) is 141 Å². The highest BCUT2D eigenvalue weighted by atomic mass is 15.1. The number of aromatic nitrogens is 4. The summed E-state index contributed by atoms with van der Waals surface area (Å²) in [5.74, 6) is 0. The van der Waals surface area contributed by atoms with Crippen molar-refractivity contribution in [2.45, 2.75) is 78.1 Å². The summed E-state index contributed by atoms with van der Waals surface area (Å²) < 4.78 is 11.2. The predicted octanol–water partition coefficient (Wildman–Crippen LogP) is 7.08. The standard InChI is InChI=1S/C54H40B2N4/c1-53(2,3)33-17-19-35-41-31(33)24-32-34(54(4,5)6)18-20-36-42(32)56(41)43-49-51-44-52-50(43)58(36)38-12-8-10-28-23-30-16-14-26-21-25-13-15-29-22-27-9-7-11-37(57(35)49)45(27)59(51)47(29)39(25)55(44)40(26)48(30)60(52)46(28)38/h7-20H,21-24H2,1-6H3. The van der Waals surface area contributed by atoms with Crippen LogP contribution < -0.4 is 32.8 Å². The number of para-hydroxylation sites is 2. The number of hydrogen-bond donors (Lipinski definition) is 0. The van der Waals surface area contributed by atoms with Gasteiger partial charge in [-0.05, 0) is 136 Å². The van der Waals surface area contributed by atoms with E-state index in [4.69, 9.17) is 0 Å². The van der Waals surface area contributed by atoms with Crippen LogP contribution in [0.1, 0.15) is 97.2 Å². The Kier molecular flexibility index (Phi) is 4.62. The van der Waals surface area contributed by atoms with Crippen LogP contribution in [-0.4, -0.2) is 31.7 Å². The summed E-state index contributed by atoms with van der Waals surface area (Å²) in [5.41, 5.74) is 41.3. The van der Waals surface area contributed by atoms with Crippen molar-refractivity contribution in [2.24, 2.45) is 0 Å². The molecule has 7 aromatic carbocycles. The quantitative estimate of drug-likeness (QED) is 0.116. The summed E-state index contributed by atoms with van der Waals surface area (Å²) >= 11 is 0. The largest absolute Gasteiger partial charge is 0.307 e. The Bertz CT molecular complexity index is 3620. The molecule has 8 aliphatic heterocycles. The van der Waals surface area contributed by atoms with Gasteiger partial charge in [-0.3, -0.25) is 0 Å². The zero-order valence-electron chi connectivity index (χ0n) is 34.9. The van der Waals surface area contributed by atoms with E-state index in [1.54, 1.807) is 33.0 Å². The van der Waals surface area contributed by atoms with E-state index in [1.165, 1.54) is 122 Å². The van der Waals surface area contributed by atoms with E-state index >= 15 is 0 Å². The summed E-state index contributed by atoms with van der Waals surface area (Å²) in [6.45, 7) is 14.9. The highest BCUT2D eigenvalue weighted by Gasteiger charge is 2.53. The Morgan fingerprint density at radius 3 is 1.25 bits per heavy atom. The summed E-state index contributed by atoms with van der Waals surface area (Å²) in [5, 5.41) is 0. The van der Waals surface area contributed by atoms with Crippen molar-refractivity contribution in [3.63, 3.8) is 0 Å². The van der Waals surface area contributed by atoms with Crippen LogP contribution in [0.2, 0.25) is 0 Å². The van der Waals surface area contributed by atoms with Crippen LogP contribution in [0.25, 0.3) is 66.9 Å². The first-order valence-corrected chi connectivity index (χ1v) is 22.4.